The monoisotopic (exact) mass is 212 g/mol. The minimum atomic E-state index is 0.298. The summed E-state index contributed by atoms with van der Waals surface area (Å²) in [6.07, 6.45) is 1.12. The molecular weight excluding hydrogens is 200 g/mol. The Balaban J connectivity index is 3.19. The lowest BCUT2D eigenvalue weighted by Crippen LogP contribution is -1.96. The zero-order valence-electron chi connectivity index (χ0n) is 8.11. The van der Waals surface area contributed by atoms with E-state index < -0.39 is 0 Å². The second kappa shape index (κ2) is 4.91. The lowest BCUT2D eigenvalue weighted by atomic mass is 10.1. The van der Waals surface area contributed by atoms with Gasteiger partial charge >= 0.3 is 0 Å². The van der Waals surface area contributed by atoms with E-state index in [1.807, 2.05) is 0 Å². The molecule has 0 aliphatic carbocycles. The van der Waals surface area contributed by atoms with Gasteiger partial charge in [-0.2, -0.15) is 0 Å². The molecule has 0 amide bonds. The Kier molecular flexibility index (Phi) is 3.83. The molecule has 0 atom stereocenters. The number of hydrogen-bond donors (Lipinski definition) is 1. The normalized spacial score (nSPS) is 9.64. The maximum Gasteiger partial charge on any atom is 0.127 e. The third-order valence-corrected chi connectivity index (χ3v) is 2.30. The molecule has 0 aliphatic heterocycles. The molecule has 0 bridgehead atoms. The minimum absolute atomic E-state index is 0.298. The highest BCUT2D eigenvalue weighted by molar-refractivity contribution is 7.80. The van der Waals surface area contributed by atoms with E-state index in [2.05, 4.69) is 12.6 Å². The van der Waals surface area contributed by atoms with Crippen LogP contribution < -0.4 is 9.47 Å². The average Bonchev–Trinajstić information content (AvgIpc) is 2.20. The maximum absolute atomic E-state index is 10.4. The third-order valence-electron chi connectivity index (χ3n) is 1.90. The molecule has 0 fully saturated rings. The van der Waals surface area contributed by atoms with Gasteiger partial charge in [-0.15, -0.1) is 12.6 Å². The van der Waals surface area contributed by atoms with Gasteiger partial charge in [0.2, 0.25) is 0 Å². The van der Waals surface area contributed by atoms with Crippen LogP contribution in [0.15, 0.2) is 17.0 Å². The van der Waals surface area contributed by atoms with Crippen molar-refractivity contribution in [2.75, 3.05) is 14.2 Å². The van der Waals surface area contributed by atoms with Crippen molar-refractivity contribution in [1.82, 2.24) is 0 Å². The van der Waals surface area contributed by atoms with Crippen molar-refractivity contribution in [2.24, 2.45) is 0 Å². The Morgan fingerprint density at radius 1 is 1.36 bits per heavy atom. The number of methoxy groups -OCH3 is 2. The Hall–Kier alpha value is -1.16. The predicted molar refractivity (Wildman–Crippen MR) is 56.6 cm³/mol. The number of carbonyl (C=O) groups is 1. The first-order chi connectivity index (χ1) is 6.72. The summed E-state index contributed by atoms with van der Waals surface area (Å²) in [5, 5.41) is 0. The zero-order valence-corrected chi connectivity index (χ0v) is 9.01. The highest BCUT2D eigenvalue weighted by Gasteiger charge is 2.09. The molecule has 1 rings (SSSR count). The molecule has 0 radical (unpaired) electrons. The van der Waals surface area contributed by atoms with Crippen LogP contribution in [0.1, 0.15) is 5.56 Å². The fraction of sp³-hybridized carbons (Fsp3) is 0.300. The summed E-state index contributed by atoms with van der Waals surface area (Å²) in [4.78, 5) is 11.1. The van der Waals surface area contributed by atoms with E-state index >= 15 is 0 Å². The van der Waals surface area contributed by atoms with Crippen LogP contribution >= 0.6 is 12.6 Å². The van der Waals surface area contributed by atoms with Crippen LogP contribution in [0.25, 0.3) is 0 Å². The van der Waals surface area contributed by atoms with Crippen LogP contribution in [0.4, 0.5) is 0 Å². The number of ether oxygens (including phenoxy) is 2. The molecule has 0 saturated heterocycles. The van der Waals surface area contributed by atoms with Crippen molar-refractivity contribution in [3.05, 3.63) is 17.7 Å². The Morgan fingerprint density at radius 2 is 2.07 bits per heavy atom. The van der Waals surface area contributed by atoms with Gasteiger partial charge < -0.3 is 14.3 Å². The smallest absolute Gasteiger partial charge is 0.127 e. The van der Waals surface area contributed by atoms with Crippen molar-refractivity contribution in [1.29, 1.82) is 0 Å². The lowest BCUT2D eigenvalue weighted by Gasteiger charge is -2.10. The average molecular weight is 212 g/mol. The summed E-state index contributed by atoms with van der Waals surface area (Å²) >= 11 is 4.26. The van der Waals surface area contributed by atoms with E-state index in [9.17, 15) is 4.79 Å². The van der Waals surface area contributed by atoms with Crippen LogP contribution in [0.3, 0.4) is 0 Å². The standard InChI is InChI=1S/C10H12O3S/c1-12-7-5-9(13-2)8(3-4-11)10(14)6-7/h4-6,14H,3H2,1-2H3. The largest absolute Gasteiger partial charge is 0.497 e. The number of rotatable bonds is 4. The maximum atomic E-state index is 10.4. The summed E-state index contributed by atoms with van der Waals surface area (Å²) in [5.74, 6) is 1.29. The van der Waals surface area contributed by atoms with Crippen molar-refractivity contribution in [2.45, 2.75) is 11.3 Å². The Bertz CT molecular complexity index is 336. The van der Waals surface area contributed by atoms with Crippen molar-refractivity contribution < 1.29 is 14.3 Å². The summed E-state index contributed by atoms with van der Waals surface area (Å²) in [6.45, 7) is 0. The van der Waals surface area contributed by atoms with Crippen LogP contribution in [0.2, 0.25) is 0 Å². The summed E-state index contributed by atoms with van der Waals surface area (Å²) in [6, 6.07) is 3.49. The Morgan fingerprint density at radius 3 is 2.57 bits per heavy atom. The fourth-order valence-corrected chi connectivity index (χ4v) is 1.52. The molecule has 3 nitrogen and oxygen atoms in total. The van der Waals surface area contributed by atoms with Crippen molar-refractivity contribution in [3.63, 3.8) is 0 Å². The van der Waals surface area contributed by atoms with Gasteiger partial charge in [-0.25, -0.2) is 0 Å². The molecule has 76 valence electrons. The number of thiol groups is 1. The van der Waals surface area contributed by atoms with Crippen molar-refractivity contribution >= 4 is 18.9 Å². The lowest BCUT2D eigenvalue weighted by molar-refractivity contribution is -0.107. The Labute approximate surface area is 88.4 Å². The van der Waals surface area contributed by atoms with Gasteiger partial charge in [0.05, 0.1) is 14.2 Å². The van der Waals surface area contributed by atoms with Gasteiger partial charge in [-0.3, -0.25) is 0 Å². The second-order valence-corrected chi connectivity index (χ2v) is 3.18. The topological polar surface area (TPSA) is 35.5 Å². The molecule has 4 heteroatoms. The van der Waals surface area contributed by atoms with Gasteiger partial charge in [-0.05, 0) is 6.07 Å². The summed E-state index contributed by atoms with van der Waals surface area (Å²) in [5.41, 5.74) is 0.784. The first-order valence-electron chi connectivity index (χ1n) is 4.10. The number of hydrogen-bond acceptors (Lipinski definition) is 4. The summed E-state index contributed by atoms with van der Waals surface area (Å²) in [7, 11) is 3.12. The first kappa shape index (κ1) is 10.9. The molecule has 14 heavy (non-hydrogen) atoms. The molecule has 0 aromatic heterocycles. The number of aldehydes is 1. The molecule has 0 spiro atoms. The van der Waals surface area contributed by atoms with Crippen LogP contribution in [0, 0.1) is 0 Å². The molecule has 0 N–H and O–H groups in total. The highest BCUT2D eigenvalue weighted by atomic mass is 32.1. The predicted octanol–water partition coefficient (Wildman–Crippen LogP) is 1.73. The van der Waals surface area contributed by atoms with Gasteiger partial charge in [0.15, 0.2) is 0 Å². The number of benzene rings is 1. The van der Waals surface area contributed by atoms with Gasteiger partial charge in [0.1, 0.15) is 17.8 Å². The van der Waals surface area contributed by atoms with E-state index in [0.29, 0.717) is 22.8 Å². The summed E-state index contributed by atoms with van der Waals surface area (Å²) < 4.78 is 10.2. The molecule has 1 aromatic rings. The van der Waals surface area contributed by atoms with Crippen LogP contribution in [-0.2, 0) is 11.2 Å². The van der Waals surface area contributed by atoms with E-state index in [1.165, 1.54) is 0 Å². The molecule has 0 heterocycles. The third kappa shape index (κ3) is 2.20. The first-order valence-corrected chi connectivity index (χ1v) is 4.55. The molecule has 0 aliphatic rings. The molecular formula is C10H12O3S. The van der Waals surface area contributed by atoms with E-state index in [1.54, 1.807) is 26.4 Å². The van der Waals surface area contributed by atoms with Gasteiger partial charge in [0, 0.05) is 22.9 Å². The SMILES string of the molecule is COc1cc(S)c(CC=O)c(OC)c1. The minimum Gasteiger partial charge on any atom is -0.497 e. The number of carbonyl (C=O) groups excluding carboxylic acids is 1. The van der Waals surface area contributed by atoms with Gasteiger partial charge in [-0.1, -0.05) is 0 Å². The van der Waals surface area contributed by atoms with Gasteiger partial charge in [0.25, 0.3) is 0 Å². The van der Waals surface area contributed by atoms with E-state index in [0.717, 1.165) is 11.8 Å². The van der Waals surface area contributed by atoms with E-state index in [-0.39, 0.29) is 0 Å². The fourth-order valence-electron chi connectivity index (χ4n) is 1.19. The zero-order chi connectivity index (χ0) is 10.6. The van der Waals surface area contributed by atoms with Crippen LogP contribution in [-0.4, -0.2) is 20.5 Å². The van der Waals surface area contributed by atoms with E-state index in [4.69, 9.17) is 9.47 Å². The molecule has 0 saturated carbocycles. The molecule has 0 unspecified atom stereocenters. The second-order valence-electron chi connectivity index (χ2n) is 2.70. The van der Waals surface area contributed by atoms with Crippen LogP contribution in [0.5, 0.6) is 11.5 Å². The molecule has 1 aromatic carbocycles. The highest BCUT2D eigenvalue weighted by Crippen LogP contribution is 2.30. The van der Waals surface area contributed by atoms with Crippen molar-refractivity contribution in [3.8, 4) is 11.5 Å². The quantitative estimate of drug-likeness (QED) is 0.610.